The molecule has 0 aromatic heterocycles. The number of ether oxygens (including phenoxy) is 1. The number of nitrogens with zero attached hydrogens (tertiary/aromatic N) is 2. The number of anilines is 1. The van der Waals surface area contributed by atoms with Gasteiger partial charge in [-0.05, 0) is 25.0 Å². The lowest BCUT2D eigenvalue weighted by Gasteiger charge is -2.14. The molecule has 1 aliphatic rings. The average Bonchev–Trinajstić information content (AvgIpc) is 2.77. The number of aliphatic imine (C=N–C) groups is 1. The van der Waals surface area contributed by atoms with Crippen LogP contribution in [-0.2, 0) is 4.74 Å². The third kappa shape index (κ3) is 2.91. The largest absolute Gasteiger partial charge is 0.462 e. The van der Waals surface area contributed by atoms with E-state index in [9.17, 15) is 0 Å². The molecule has 1 aromatic carbocycles. The van der Waals surface area contributed by atoms with Gasteiger partial charge in [0.25, 0.3) is 6.02 Å². The Hall–Kier alpha value is -2.15. The van der Waals surface area contributed by atoms with Crippen LogP contribution in [0.5, 0.6) is 0 Å². The SMILES string of the molecule is CCN(C#C[C@H]1COC(N)=N1)c1ccccc1. The van der Waals surface area contributed by atoms with Gasteiger partial charge in [0.15, 0.2) is 6.04 Å². The van der Waals surface area contributed by atoms with Crippen molar-refractivity contribution < 1.29 is 4.74 Å². The van der Waals surface area contributed by atoms with E-state index >= 15 is 0 Å². The number of hydrogen-bond donors (Lipinski definition) is 1. The van der Waals surface area contributed by atoms with Gasteiger partial charge in [0.05, 0.1) is 0 Å². The van der Waals surface area contributed by atoms with Gasteiger partial charge >= 0.3 is 0 Å². The molecule has 4 nitrogen and oxygen atoms in total. The maximum Gasteiger partial charge on any atom is 0.283 e. The van der Waals surface area contributed by atoms with Crippen LogP contribution in [0.4, 0.5) is 5.69 Å². The molecular formula is C13H15N3O. The van der Waals surface area contributed by atoms with Gasteiger partial charge in [-0.3, -0.25) is 0 Å². The van der Waals surface area contributed by atoms with Gasteiger partial charge in [0, 0.05) is 18.3 Å². The van der Waals surface area contributed by atoms with Crippen LogP contribution in [0.25, 0.3) is 0 Å². The van der Waals surface area contributed by atoms with Crippen molar-refractivity contribution in [2.24, 2.45) is 10.7 Å². The lowest BCUT2D eigenvalue weighted by Crippen LogP contribution is -2.16. The Kier molecular flexibility index (Phi) is 3.51. The van der Waals surface area contributed by atoms with Crippen molar-refractivity contribution in [3.63, 3.8) is 0 Å². The molecule has 4 heteroatoms. The quantitative estimate of drug-likeness (QED) is 0.612. The Labute approximate surface area is 101 Å². The zero-order chi connectivity index (χ0) is 12.1. The Morgan fingerprint density at radius 2 is 2.24 bits per heavy atom. The summed E-state index contributed by atoms with van der Waals surface area (Å²) in [6.45, 7) is 3.33. The normalized spacial score (nSPS) is 17.7. The van der Waals surface area contributed by atoms with E-state index in [4.69, 9.17) is 10.5 Å². The first-order valence-electron chi connectivity index (χ1n) is 5.59. The maximum absolute atomic E-state index is 5.42. The van der Waals surface area contributed by atoms with Crippen LogP contribution in [0.1, 0.15) is 6.92 Å². The van der Waals surface area contributed by atoms with Crippen molar-refractivity contribution >= 4 is 11.7 Å². The van der Waals surface area contributed by atoms with Crippen LogP contribution in [0.15, 0.2) is 35.3 Å². The minimum Gasteiger partial charge on any atom is -0.462 e. The molecule has 2 rings (SSSR count). The van der Waals surface area contributed by atoms with E-state index in [2.05, 4.69) is 23.9 Å². The first-order valence-corrected chi connectivity index (χ1v) is 5.59. The van der Waals surface area contributed by atoms with Crippen LogP contribution in [0, 0.1) is 12.0 Å². The molecule has 88 valence electrons. The molecule has 1 atom stereocenters. The first kappa shape index (κ1) is 11.3. The van der Waals surface area contributed by atoms with Crippen LogP contribution < -0.4 is 10.6 Å². The molecule has 1 aliphatic heterocycles. The van der Waals surface area contributed by atoms with Crippen LogP contribution in [-0.4, -0.2) is 25.2 Å². The standard InChI is InChI=1S/C13H15N3O/c1-2-16(12-6-4-3-5-7-12)9-8-11-10-17-13(14)15-11/h3-7,11H,2,10H2,1H3,(H2,14,15)/t11-/m0/s1. The second kappa shape index (κ2) is 5.26. The molecule has 1 heterocycles. The van der Waals surface area contributed by atoms with Gasteiger partial charge in [-0.25, -0.2) is 4.99 Å². The number of rotatable bonds is 2. The molecule has 0 saturated heterocycles. The van der Waals surface area contributed by atoms with Crippen molar-refractivity contribution in [3.8, 4) is 12.0 Å². The second-order valence-corrected chi connectivity index (χ2v) is 3.63. The number of nitrogens with two attached hydrogens (primary N) is 1. The molecule has 0 fully saturated rings. The molecule has 0 spiro atoms. The molecule has 0 amide bonds. The van der Waals surface area contributed by atoms with Gasteiger partial charge in [-0.15, -0.1) is 0 Å². The molecule has 17 heavy (non-hydrogen) atoms. The molecular weight excluding hydrogens is 214 g/mol. The molecule has 0 unspecified atom stereocenters. The number of para-hydroxylation sites is 1. The number of amidine groups is 1. The monoisotopic (exact) mass is 229 g/mol. The molecule has 2 N–H and O–H groups in total. The zero-order valence-electron chi connectivity index (χ0n) is 9.76. The van der Waals surface area contributed by atoms with E-state index in [0.29, 0.717) is 6.61 Å². The van der Waals surface area contributed by atoms with E-state index in [-0.39, 0.29) is 12.1 Å². The van der Waals surface area contributed by atoms with Crippen molar-refractivity contribution in [1.82, 2.24) is 0 Å². The van der Waals surface area contributed by atoms with E-state index in [1.54, 1.807) is 0 Å². The van der Waals surface area contributed by atoms with Crippen molar-refractivity contribution in [2.75, 3.05) is 18.1 Å². The van der Waals surface area contributed by atoms with E-state index in [1.807, 2.05) is 35.2 Å². The van der Waals surface area contributed by atoms with E-state index in [0.717, 1.165) is 12.2 Å². The first-order chi connectivity index (χ1) is 8.29. The van der Waals surface area contributed by atoms with Crippen molar-refractivity contribution in [1.29, 1.82) is 0 Å². The fourth-order valence-corrected chi connectivity index (χ4v) is 1.55. The van der Waals surface area contributed by atoms with E-state index < -0.39 is 0 Å². The summed E-state index contributed by atoms with van der Waals surface area (Å²) in [4.78, 5) is 6.04. The number of benzene rings is 1. The Balaban J connectivity index is 2.09. The molecule has 0 bridgehead atoms. The third-order valence-corrected chi connectivity index (χ3v) is 2.42. The summed E-state index contributed by atoms with van der Waals surface area (Å²) in [6.07, 6.45) is 0. The summed E-state index contributed by atoms with van der Waals surface area (Å²) in [5.41, 5.74) is 6.50. The highest BCUT2D eigenvalue weighted by atomic mass is 16.5. The minimum atomic E-state index is -0.146. The van der Waals surface area contributed by atoms with Gasteiger partial charge in [-0.2, -0.15) is 0 Å². The fourth-order valence-electron chi connectivity index (χ4n) is 1.55. The lowest BCUT2D eigenvalue weighted by atomic mass is 10.3. The Bertz CT molecular complexity index is 459. The summed E-state index contributed by atoms with van der Waals surface area (Å²) in [5, 5.41) is 0. The van der Waals surface area contributed by atoms with Crippen LogP contribution in [0.3, 0.4) is 0 Å². The summed E-state index contributed by atoms with van der Waals surface area (Å²) < 4.78 is 5.04. The minimum absolute atomic E-state index is 0.146. The molecule has 0 aliphatic carbocycles. The summed E-state index contributed by atoms with van der Waals surface area (Å²) in [6, 6.07) is 13.2. The summed E-state index contributed by atoms with van der Waals surface area (Å²) in [7, 11) is 0. The Morgan fingerprint density at radius 1 is 1.47 bits per heavy atom. The second-order valence-electron chi connectivity index (χ2n) is 3.63. The topological polar surface area (TPSA) is 50.9 Å². The fraction of sp³-hybridized carbons (Fsp3) is 0.308. The molecule has 1 aromatic rings. The van der Waals surface area contributed by atoms with Crippen LogP contribution in [0.2, 0.25) is 0 Å². The summed E-state index contributed by atoms with van der Waals surface area (Å²) in [5.74, 6) is 3.04. The lowest BCUT2D eigenvalue weighted by molar-refractivity contribution is 0.329. The predicted molar refractivity (Wildman–Crippen MR) is 68.6 cm³/mol. The molecule has 0 radical (unpaired) electrons. The van der Waals surface area contributed by atoms with Gasteiger partial charge in [0.2, 0.25) is 0 Å². The van der Waals surface area contributed by atoms with E-state index in [1.165, 1.54) is 0 Å². The zero-order valence-corrected chi connectivity index (χ0v) is 9.76. The van der Waals surface area contributed by atoms with Crippen molar-refractivity contribution in [3.05, 3.63) is 30.3 Å². The summed E-state index contributed by atoms with van der Waals surface area (Å²) >= 11 is 0. The number of hydrogen-bond acceptors (Lipinski definition) is 4. The Morgan fingerprint density at radius 3 is 2.82 bits per heavy atom. The highest BCUT2D eigenvalue weighted by Gasteiger charge is 2.13. The highest BCUT2D eigenvalue weighted by Crippen LogP contribution is 2.11. The molecule has 0 saturated carbocycles. The average molecular weight is 229 g/mol. The smallest absolute Gasteiger partial charge is 0.283 e. The van der Waals surface area contributed by atoms with Gasteiger partial charge in [0.1, 0.15) is 6.61 Å². The van der Waals surface area contributed by atoms with Crippen LogP contribution >= 0.6 is 0 Å². The highest BCUT2D eigenvalue weighted by molar-refractivity contribution is 5.73. The van der Waals surface area contributed by atoms with Gasteiger partial charge < -0.3 is 15.4 Å². The maximum atomic E-state index is 5.42. The third-order valence-electron chi connectivity index (χ3n) is 2.42. The predicted octanol–water partition coefficient (Wildman–Crippen LogP) is 1.19. The van der Waals surface area contributed by atoms with Gasteiger partial charge in [-0.1, -0.05) is 18.2 Å². The van der Waals surface area contributed by atoms with Crippen molar-refractivity contribution in [2.45, 2.75) is 13.0 Å².